The fourth-order valence-corrected chi connectivity index (χ4v) is 4.82. The molecule has 196 valence electrons. The molecule has 2 aromatic carbocycles. The summed E-state index contributed by atoms with van der Waals surface area (Å²) < 4.78 is 40.7. The minimum Gasteiger partial charge on any atom is -0.338 e. The number of anilines is 1. The average Bonchev–Trinajstić information content (AvgIpc) is 2.92. The Morgan fingerprint density at radius 1 is 0.921 bits per heavy atom. The van der Waals surface area contributed by atoms with Crippen molar-refractivity contribution in [3.8, 4) is 0 Å². The van der Waals surface area contributed by atoms with Gasteiger partial charge in [0, 0.05) is 44.0 Å². The summed E-state index contributed by atoms with van der Waals surface area (Å²) in [5, 5.41) is 0. The van der Waals surface area contributed by atoms with Crippen molar-refractivity contribution in [2.24, 2.45) is 5.92 Å². The number of benzene rings is 2. The number of carbonyl (C=O) groups excluding carboxylic acids is 1. The number of piperazine rings is 1. The first-order valence-electron chi connectivity index (χ1n) is 12.5. The first-order chi connectivity index (χ1) is 18.3. The highest BCUT2D eigenvalue weighted by Crippen LogP contribution is 2.36. The Bertz CT molecular complexity index is 1380. The average molecular weight is 520 g/mol. The van der Waals surface area contributed by atoms with Gasteiger partial charge in [0.15, 0.2) is 5.82 Å². The molecule has 1 fully saturated rings. The van der Waals surface area contributed by atoms with Gasteiger partial charge in [-0.15, -0.1) is 0 Å². The lowest BCUT2D eigenvalue weighted by molar-refractivity contribution is -0.131. The van der Waals surface area contributed by atoms with E-state index in [0.29, 0.717) is 37.7 Å². The third kappa shape index (κ3) is 5.41. The zero-order valence-corrected chi connectivity index (χ0v) is 21.2. The van der Waals surface area contributed by atoms with E-state index in [1.165, 1.54) is 18.2 Å². The van der Waals surface area contributed by atoms with E-state index in [0.717, 1.165) is 34.8 Å². The Hall–Kier alpha value is -4.14. The molecule has 6 nitrogen and oxygen atoms in total. The number of hydrogen-bond acceptors (Lipinski definition) is 5. The van der Waals surface area contributed by atoms with Crippen LogP contribution >= 0.6 is 0 Å². The monoisotopic (exact) mass is 519 g/mol. The highest BCUT2D eigenvalue weighted by molar-refractivity contribution is 5.84. The molecule has 3 heterocycles. The summed E-state index contributed by atoms with van der Waals surface area (Å²) in [5.74, 6) is -0.720. The molecule has 1 aromatic heterocycles. The molecule has 0 radical (unpaired) electrons. The maximum absolute atomic E-state index is 13.9. The lowest BCUT2D eigenvalue weighted by Gasteiger charge is -2.37. The van der Waals surface area contributed by atoms with Crippen LogP contribution < -0.4 is 4.90 Å². The Morgan fingerprint density at radius 2 is 1.58 bits per heavy atom. The number of carbonyl (C=O) groups is 1. The molecule has 1 saturated heterocycles. The van der Waals surface area contributed by atoms with Crippen LogP contribution in [0.1, 0.15) is 23.6 Å². The van der Waals surface area contributed by atoms with Gasteiger partial charge in [-0.3, -0.25) is 4.79 Å². The van der Waals surface area contributed by atoms with E-state index in [4.69, 9.17) is 0 Å². The second-order valence-electron chi connectivity index (χ2n) is 9.59. The minimum atomic E-state index is -0.494. The molecule has 5 rings (SSSR count). The Morgan fingerprint density at radius 3 is 2.24 bits per heavy atom. The third-order valence-corrected chi connectivity index (χ3v) is 6.96. The number of amides is 1. The van der Waals surface area contributed by atoms with Crippen molar-refractivity contribution >= 4 is 23.1 Å². The zero-order chi connectivity index (χ0) is 26.8. The number of hydrogen-bond donors (Lipinski definition) is 0. The largest absolute Gasteiger partial charge is 0.338 e. The van der Waals surface area contributed by atoms with Crippen LogP contribution in [0.4, 0.5) is 19.1 Å². The predicted octanol–water partition coefficient (Wildman–Crippen LogP) is 4.88. The van der Waals surface area contributed by atoms with Gasteiger partial charge in [0.25, 0.3) is 0 Å². The van der Waals surface area contributed by atoms with Crippen LogP contribution in [0.2, 0.25) is 0 Å². The van der Waals surface area contributed by atoms with Crippen LogP contribution in [0.3, 0.4) is 0 Å². The molecule has 0 N–H and O–H groups in total. The lowest BCUT2D eigenvalue weighted by atomic mass is 9.89. The highest BCUT2D eigenvalue weighted by Gasteiger charge is 2.27. The van der Waals surface area contributed by atoms with Gasteiger partial charge in [0.05, 0.1) is 12.4 Å². The predicted molar refractivity (Wildman–Crippen MR) is 140 cm³/mol. The van der Waals surface area contributed by atoms with Crippen molar-refractivity contribution in [2.45, 2.75) is 13.8 Å². The van der Waals surface area contributed by atoms with E-state index in [2.05, 4.69) is 16.0 Å². The molecule has 1 unspecified atom stereocenters. The topological polar surface area (TPSA) is 52.6 Å². The quantitative estimate of drug-likeness (QED) is 0.481. The van der Waals surface area contributed by atoms with Crippen molar-refractivity contribution in [3.05, 3.63) is 101 Å². The summed E-state index contributed by atoms with van der Waals surface area (Å²) >= 11 is 0. The van der Waals surface area contributed by atoms with Crippen LogP contribution in [0.15, 0.2) is 67.1 Å². The Balaban J connectivity index is 1.36. The molecule has 9 heteroatoms. The molecule has 1 atom stereocenters. The first kappa shape index (κ1) is 25.5. The molecule has 2 aliphatic rings. The van der Waals surface area contributed by atoms with Crippen molar-refractivity contribution in [1.29, 1.82) is 0 Å². The SMILES string of the molecule is Cc1cc(C2=CN(CC(=O)N3CCN(c4ncc(F)cn4)CC3)C(c3ccc(F)cc3)=CC2C)ccc1F. The van der Waals surface area contributed by atoms with Crippen LogP contribution in [-0.4, -0.2) is 58.4 Å². The van der Waals surface area contributed by atoms with Gasteiger partial charge in [-0.05, 0) is 65.6 Å². The minimum absolute atomic E-state index is 0.00878. The van der Waals surface area contributed by atoms with Crippen molar-refractivity contribution in [2.75, 3.05) is 37.6 Å². The summed E-state index contributed by atoms with van der Waals surface area (Å²) in [6.07, 6.45) is 6.26. The number of aromatic nitrogens is 2. The van der Waals surface area contributed by atoms with Gasteiger partial charge in [-0.2, -0.15) is 0 Å². The van der Waals surface area contributed by atoms with Gasteiger partial charge in [-0.25, -0.2) is 23.1 Å². The molecule has 38 heavy (non-hydrogen) atoms. The van der Waals surface area contributed by atoms with E-state index >= 15 is 0 Å². The normalized spacial score (nSPS) is 17.8. The first-order valence-corrected chi connectivity index (χ1v) is 12.5. The Kier molecular flexibility index (Phi) is 7.18. The number of allylic oxidation sites excluding steroid dienone is 2. The Labute approximate surface area is 219 Å². The molecule has 3 aromatic rings. The molecular weight excluding hydrogens is 491 g/mol. The number of aryl methyl sites for hydroxylation is 1. The summed E-state index contributed by atoms with van der Waals surface area (Å²) in [6, 6.07) is 11.2. The van der Waals surface area contributed by atoms with Crippen molar-refractivity contribution in [1.82, 2.24) is 19.8 Å². The maximum Gasteiger partial charge on any atom is 0.242 e. The van der Waals surface area contributed by atoms with E-state index in [1.54, 1.807) is 30.0 Å². The summed E-state index contributed by atoms with van der Waals surface area (Å²) in [6.45, 7) is 5.89. The molecule has 1 amide bonds. The van der Waals surface area contributed by atoms with E-state index in [1.807, 2.05) is 29.0 Å². The van der Waals surface area contributed by atoms with Crippen LogP contribution in [0.25, 0.3) is 11.3 Å². The van der Waals surface area contributed by atoms with Crippen molar-refractivity contribution < 1.29 is 18.0 Å². The van der Waals surface area contributed by atoms with Crippen LogP contribution in [0, 0.1) is 30.3 Å². The van der Waals surface area contributed by atoms with Gasteiger partial charge >= 0.3 is 0 Å². The second-order valence-corrected chi connectivity index (χ2v) is 9.59. The van der Waals surface area contributed by atoms with Crippen LogP contribution in [-0.2, 0) is 4.79 Å². The van der Waals surface area contributed by atoms with Gasteiger partial charge in [0.1, 0.15) is 18.2 Å². The molecule has 0 aliphatic carbocycles. The maximum atomic E-state index is 13.9. The van der Waals surface area contributed by atoms with E-state index in [-0.39, 0.29) is 30.0 Å². The zero-order valence-electron chi connectivity index (χ0n) is 21.2. The summed E-state index contributed by atoms with van der Waals surface area (Å²) in [4.78, 5) is 27.1. The smallest absolute Gasteiger partial charge is 0.242 e. The van der Waals surface area contributed by atoms with Crippen LogP contribution in [0.5, 0.6) is 0 Å². The van der Waals surface area contributed by atoms with Crippen molar-refractivity contribution in [3.63, 3.8) is 0 Å². The molecule has 0 bridgehead atoms. The lowest BCUT2D eigenvalue weighted by Crippen LogP contribution is -2.51. The van der Waals surface area contributed by atoms with Gasteiger partial charge in [-0.1, -0.05) is 19.1 Å². The number of halogens is 3. The highest BCUT2D eigenvalue weighted by atomic mass is 19.1. The standard InChI is InChI=1S/C29H28F3N5O/c1-19-14-27(21-3-6-23(30)7-4-21)37(17-25(19)22-5-8-26(32)20(2)13-22)18-28(38)35-9-11-36(12-10-35)29-33-15-24(31)16-34-29/h3-8,13-17,19H,9-12,18H2,1-2H3. The molecule has 2 aliphatic heterocycles. The number of nitrogens with zero attached hydrogens (tertiary/aromatic N) is 5. The fraction of sp³-hybridized carbons (Fsp3) is 0.276. The molecule has 0 spiro atoms. The fourth-order valence-electron chi connectivity index (χ4n) is 4.82. The van der Waals surface area contributed by atoms with E-state index < -0.39 is 5.82 Å². The van der Waals surface area contributed by atoms with E-state index in [9.17, 15) is 18.0 Å². The molecular formula is C29H28F3N5O. The third-order valence-electron chi connectivity index (χ3n) is 6.96. The number of rotatable bonds is 5. The summed E-state index contributed by atoms with van der Waals surface area (Å²) in [5.41, 5.74) is 4.01. The van der Waals surface area contributed by atoms with Gasteiger partial charge in [0.2, 0.25) is 11.9 Å². The van der Waals surface area contributed by atoms with Gasteiger partial charge < -0.3 is 14.7 Å². The second kappa shape index (κ2) is 10.7. The molecule has 0 saturated carbocycles. The summed E-state index contributed by atoms with van der Waals surface area (Å²) in [7, 11) is 0.